The molecule has 3 amide bonds. The number of benzene rings is 1. The zero-order valence-electron chi connectivity index (χ0n) is 41.1. The Morgan fingerprint density at radius 3 is 2.34 bits per heavy atom. The number of esters is 2. The van der Waals surface area contributed by atoms with Crippen molar-refractivity contribution in [3.05, 3.63) is 39.8 Å². The van der Waals surface area contributed by atoms with Gasteiger partial charge < -0.3 is 35.2 Å². The van der Waals surface area contributed by atoms with E-state index < -0.39 is 65.5 Å². The summed E-state index contributed by atoms with van der Waals surface area (Å²) in [5.74, 6) is -1.78. The van der Waals surface area contributed by atoms with Crippen molar-refractivity contribution < 1.29 is 58.0 Å². The first kappa shape index (κ1) is 56.7. The van der Waals surface area contributed by atoms with Crippen LogP contribution in [0, 0.1) is 35.5 Å². The quantitative estimate of drug-likeness (QED) is 0.0258. The van der Waals surface area contributed by atoms with Gasteiger partial charge in [-0.2, -0.15) is 0 Å². The maximum absolute atomic E-state index is 14.4. The summed E-state index contributed by atoms with van der Waals surface area (Å²) in [6.07, 6.45) is 3.86. The molecule has 2 heterocycles. The SMILES string of the molecule is CCOC(=O)C(C)C[C@H](Cc1ccc(O)c(NC(=O)CCCCC(=O)C#CC(=O)O)c1)NC(=O)c1csc([C@@H](C[C@H](C(C)C)N(C)C(=O)[C@@H](CC(=O)[C@H]2CCCCN2C)[C@@H](C)CC)OC(C)=O)n1. The molecular formula is C50H71N5O12S. The number of hydrogen-bond donors (Lipinski definition) is 4. The molecule has 1 aromatic heterocycles. The van der Waals surface area contributed by atoms with E-state index in [2.05, 4.69) is 20.5 Å². The summed E-state index contributed by atoms with van der Waals surface area (Å²) in [6, 6.07) is 3.28. The van der Waals surface area contributed by atoms with Gasteiger partial charge >= 0.3 is 17.9 Å². The van der Waals surface area contributed by atoms with Gasteiger partial charge in [0, 0.05) is 69.0 Å². The second-order valence-electron chi connectivity index (χ2n) is 18.2. The van der Waals surface area contributed by atoms with Crippen LogP contribution in [0.5, 0.6) is 5.75 Å². The number of unbranched alkanes of at least 4 members (excludes halogenated alkanes) is 1. The number of aromatic hydroxyl groups is 1. The van der Waals surface area contributed by atoms with Crippen LogP contribution >= 0.6 is 11.3 Å². The number of phenolic OH excluding ortho intramolecular Hbond substituents is 1. The monoisotopic (exact) mass is 965 g/mol. The highest BCUT2D eigenvalue weighted by Gasteiger charge is 2.38. The number of nitrogens with one attached hydrogen (secondary N) is 2. The molecule has 1 unspecified atom stereocenters. The largest absolute Gasteiger partial charge is 0.506 e. The Kier molecular flexibility index (Phi) is 23.3. The summed E-state index contributed by atoms with van der Waals surface area (Å²) in [6.45, 7) is 13.6. The number of likely N-dealkylation sites (tertiary alicyclic amines) is 1. The minimum atomic E-state index is -1.41. The number of carboxylic acids is 1. The number of ether oxygens (including phenoxy) is 2. The van der Waals surface area contributed by atoms with Gasteiger partial charge in [-0.15, -0.1) is 11.3 Å². The van der Waals surface area contributed by atoms with Gasteiger partial charge in [-0.1, -0.05) is 53.5 Å². The number of piperidine rings is 1. The smallest absolute Gasteiger partial charge is 0.382 e. The first-order valence-electron chi connectivity index (χ1n) is 23.6. The minimum Gasteiger partial charge on any atom is -0.506 e. The highest BCUT2D eigenvalue weighted by Crippen LogP contribution is 2.33. The van der Waals surface area contributed by atoms with E-state index in [-0.39, 0.29) is 91.8 Å². The van der Waals surface area contributed by atoms with Crippen LogP contribution in [-0.2, 0) is 49.5 Å². The molecule has 1 fully saturated rings. The number of anilines is 1. The first-order valence-corrected chi connectivity index (χ1v) is 24.5. The van der Waals surface area contributed by atoms with Crippen LogP contribution in [0.15, 0.2) is 23.6 Å². The van der Waals surface area contributed by atoms with Crippen LogP contribution in [0.4, 0.5) is 5.69 Å². The molecule has 0 bridgehead atoms. The van der Waals surface area contributed by atoms with Crippen molar-refractivity contribution in [3.63, 3.8) is 0 Å². The molecule has 0 saturated carbocycles. The van der Waals surface area contributed by atoms with Crippen LogP contribution in [0.2, 0.25) is 0 Å². The molecule has 1 saturated heterocycles. The van der Waals surface area contributed by atoms with E-state index in [4.69, 9.17) is 14.6 Å². The Hall–Kier alpha value is -5.67. The van der Waals surface area contributed by atoms with Crippen molar-refractivity contribution in [2.24, 2.45) is 23.7 Å². The van der Waals surface area contributed by atoms with Crippen molar-refractivity contribution in [1.82, 2.24) is 20.1 Å². The molecule has 1 aromatic carbocycles. The summed E-state index contributed by atoms with van der Waals surface area (Å²) in [7, 11) is 3.69. The van der Waals surface area contributed by atoms with Crippen LogP contribution in [0.1, 0.15) is 146 Å². The summed E-state index contributed by atoms with van der Waals surface area (Å²) in [5, 5.41) is 26.7. The lowest BCUT2D eigenvalue weighted by Crippen LogP contribution is -2.48. The van der Waals surface area contributed by atoms with Gasteiger partial charge in [0.25, 0.3) is 5.91 Å². The Morgan fingerprint density at radius 1 is 1.00 bits per heavy atom. The van der Waals surface area contributed by atoms with E-state index in [0.29, 0.717) is 29.8 Å². The molecular weight excluding hydrogens is 895 g/mol. The summed E-state index contributed by atoms with van der Waals surface area (Å²) in [4.78, 5) is 111. The second kappa shape index (κ2) is 28.0. The van der Waals surface area contributed by atoms with Gasteiger partial charge in [0.2, 0.25) is 17.6 Å². The molecule has 0 radical (unpaired) electrons. The van der Waals surface area contributed by atoms with Crippen LogP contribution in [0.25, 0.3) is 0 Å². The fourth-order valence-electron chi connectivity index (χ4n) is 8.44. The number of likely N-dealkylation sites (N-methyl/N-ethyl adjacent to an activating group) is 1. The zero-order chi connectivity index (χ0) is 50.7. The third kappa shape index (κ3) is 18.1. The number of carbonyl (C=O) groups is 8. The molecule has 18 heteroatoms. The summed E-state index contributed by atoms with van der Waals surface area (Å²) in [5.41, 5.74) is 0.762. The number of nitrogens with zero attached hydrogens (tertiary/aromatic N) is 3. The fourth-order valence-corrected chi connectivity index (χ4v) is 9.28. The molecule has 4 N–H and O–H groups in total. The number of rotatable bonds is 26. The predicted molar refractivity (Wildman–Crippen MR) is 256 cm³/mol. The standard InChI is InChI=1S/C50H71N5O12S/c1-10-31(5)37(27-43(59)40-17-14-15-23-54(40)8)49(64)55(9)41(30(3)4)28-44(67-33(7)56)48-53-39(29-68-48)47(63)51-35(24-32(6)50(65)66-11-2)25-34-19-21-42(58)38(26-34)52-45(60)18-13-12-16-36(57)20-22-46(61)62/h19,21,26,29-32,35,37,40-41,44,58H,10-18,23-25,27-28H2,1-9H3,(H,51,63)(H,52,60)(H,61,62)/t31-,32?,35+,37-,40+,41+,44+/m0/s1. The Balaban J connectivity index is 1.81. The highest BCUT2D eigenvalue weighted by atomic mass is 32.1. The maximum Gasteiger partial charge on any atom is 0.382 e. The number of carboxylic acid groups (broad SMARTS) is 1. The van der Waals surface area contributed by atoms with Gasteiger partial charge in [0.05, 0.1) is 24.3 Å². The van der Waals surface area contributed by atoms with Crippen molar-refractivity contribution in [2.75, 3.05) is 32.6 Å². The molecule has 0 spiro atoms. The minimum absolute atomic E-state index is 0.0123. The number of hydrogen-bond acceptors (Lipinski definition) is 14. The van der Waals surface area contributed by atoms with Crippen LogP contribution < -0.4 is 10.6 Å². The molecule has 7 atom stereocenters. The lowest BCUT2D eigenvalue weighted by Gasteiger charge is -2.37. The molecule has 68 heavy (non-hydrogen) atoms. The molecule has 374 valence electrons. The number of carbonyl (C=O) groups excluding carboxylic acids is 7. The number of aliphatic carboxylic acids is 1. The summed E-state index contributed by atoms with van der Waals surface area (Å²) >= 11 is 1.13. The number of amides is 3. The second-order valence-corrected chi connectivity index (χ2v) is 19.1. The summed E-state index contributed by atoms with van der Waals surface area (Å²) < 4.78 is 11.1. The van der Waals surface area contributed by atoms with Gasteiger partial charge in [0.15, 0.2) is 11.9 Å². The molecule has 17 nitrogen and oxygen atoms in total. The van der Waals surface area contributed by atoms with Gasteiger partial charge in [-0.3, -0.25) is 38.5 Å². The lowest BCUT2D eigenvalue weighted by atomic mass is 9.83. The van der Waals surface area contributed by atoms with Crippen LogP contribution in [0.3, 0.4) is 0 Å². The van der Waals surface area contributed by atoms with Crippen molar-refractivity contribution in [2.45, 2.75) is 150 Å². The van der Waals surface area contributed by atoms with Crippen molar-refractivity contribution in [3.8, 4) is 17.6 Å². The van der Waals surface area contributed by atoms with Gasteiger partial charge in [-0.25, -0.2) is 9.78 Å². The number of aromatic nitrogens is 1. The number of thiazole rings is 1. The third-order valence-electron chi connectivity index (χ3n) is 12.5. The van der Waals surface area contributed by atoms with E-state index in [1.807, 2.05) is 40.7 Å². The Labute approximate surface area is 404 Å². The van der Waals surface area contributed by atoms with E-state index in [1.54, 1.807) is 49.2 Å². The third-order valence-corrected chi connectivity index (χ3v) is 13.4. The Bertz CT molecular complexity index is 2150. The van der Waals surface area contributed by atoms with E-state index in [9.17, 15) is 43.5 Å². The fraction of sp³-hybridized carbons (Fsp3) is 0.620. The average molecular weight is 966 g/mol. The topological polar surface area (TPSA) is 239 Å². The van der Waals surface area contributed by atoms with E-state index in [0.717, 1.165) is 37.1 Å². The first-order chi connectivity index (χ1) is 32.1. The van der Waals surface area contributed by atoms with Crippen molar-refractivity contribution in [1.29, 1.82) is 0 Å². The number of Topliss-reactive ketones (excluding diaryl/α,β-unsaturated/α-hetero) is 2. The number of ketones is 2. The molecule has 3 rings (SSSR count). The normalized spacial score (nSPS) is 16.4. The predicted octanol–water partition coefficient (Wildman–Crippen LogP) is 6.52. The number of phenols is 1. The van der Waals surface area contributed by atoms with E-state index in [1.165, 1.54) is 13.0 Å². The Morgan fingerprint density at radius 2 is 1.71 bits per heavy atom. The lowest BCUT2D eigenvalue weighted by molar-refractivity contribution is -0.150. The average Bonchev–Trinajstić information content (AvgIpc) is 3.79. The van der Waals surface area contributed by atoms with Gasteiger partial charge in [-0.05, 0) is 94.5 Å². The van der Waals surface area contributed by atoms with E-state index >= 15 is 0 Å². The molecule has 1 aliphatic heterocycles. The van der Waals surface area contributed by atoms with Gasteiger partial charge in [0.1, 0.15) is 16.5 Å². The molecule has 1 aliphatic rings. The van der Waals surface area contributed by atoms with Crippen LogP contribution in [-0.4, -0.2) is 118 Å². The maximum atomic E-state index is 14.4. The highest BCUT2D eigenvalue weighted by molar-refractivity contribution is 7.09. The molecule has 2 aromatic rings. The van der Waals surface area contributed by atoms with Crippen molar-refractivity contribution >= 4 is 64.2 Å². The zero-order valence-corrected chi connectivity index (χ0v) is 41.9. The molecule has 0 aliphatic carbocycles.